The summed E-state index contributed by atoms with van der Waals surface area (Å²) in [7, 11) is -9.92. The lowest BCUT2D eigenvalue weighted by molar-refractivity contribution is -0.161. The number of aliphatic hydroxyl groups excluding tert-OH is 1. The summed E-state index contributed by atoms with van der Waals surface area (Å²) in [6, 6.07) is 0. The number of phosphoric acid groups is 2. The molecule has 0 heterocycles. The van der Waals surface area contributed by atoms with Crippen molar-refractivity contribution in [3.05, 3.63) is 0 Å². The van der Waals surface area contributed by atoms with Crippen LogP contribution in [0.2, 0.25) is 0 Å². The Kier molecular flexibility index (Phi) is 66.8. The fourth-order valence-electron chi connectivity index (χ4n) is 12.0. The third kappa shape index (κ3) is 71.1. The molecule has 17 nitrogen and oxygen atoms in total. The van der Waals surface area contributed by atoms with Crippen LogP contribution in [0.4, 0.5) is 0 Å². The quantitative estimate of drug-likeness (QED) is 0.0222. The maximum atomic E-state index is 13.1. The summed E-state index contributed by atoms with van der Waals surface area (Å²) in [6.07, 6.45) is 54.4. The van der Waals surface area contributed by atoms with Crippen molar-refractivity contribution in [3.63, 3.8) is 0 Å². The average molecular weight is 1440 g/mol. The SMILES string of the molecule is CCC(C)CCCCCCCCCCCCCCCCCCCCC(=O)O[C@H](COC(=O)CCCCCCCCC(C)C)COP(=O)(O)OC[C@H](O)COP(=O)(O)OC[C@@H](COC(=O)CCCCCCCCCCC(C)C)OC(=O)CCCCCCCCCCCCCCCC(C)C. The van der Waals surface area contributed by atoms with E-state index in [9.17, 15) is 43.2 Å². The zero-order valence-corrected chi connectivity index (χ0v) is 66.2. The van der Waals surface area contributed by atoms with Crippen LogP contribution in [-0.4, -0.2) is 96.7 Å². The average Bonchev–Trinajstić information content (AvgIpc) is 3.37. The van der Waals surface area contributed by atoms with Gasteiger partial charge < -0.3 is 33.8 Å². The number of ether oxygens (including phenoxy) is 4. The van der Waals surface area contributed by atoms with Crippen LogP contribution in [0.3, 0.4) is 0 Å². The van der Waals surface area contributed by atoms with E-state index in [2.05, 4.69) is 55.4 Å². The van der Waals surface area contributed by atoms with Gasteiger partial charge in [-0.2, -0.15) is 0 Å². The molecule has 0 saturated carbocycles. The third-order valence-electron chi connectivity index (χ3n) is 18.7. The van der Waals surface area contributed by atoms with Crippen molar-refractivity contribution in [3.8, 4) is 0 Å². The van der Waals surface area contributed by atoms with E-state index in [-0.39, 0.29) is 25.7 Å². The second kappa shape index (κ2) is 68.2. The molecule has 98 heavy (non-hydrogen) atoms. The van der Waals surface area contributed by atoms with Crippen LogP contribution in [-0.2, 0) is 65.4 Å². The summed E-state index contributed by atoms with van der Waals surface area (Å²) in [5.74, 6) is 0.943. The highest BCUT2D eigenvalue weighted by atomic mass is 31.2. The normalized spacial score (nSPS) is 14.3. The van der Waals surface area contributed by atoms with Gasteiger partial charge in [-0.05, 0) is 49.4 Å². The molecule has 19 heteroatoms. The van der Waals surface area contributed by atoms with Gasteiger partial charge in [-0.3, -0.25) is 37.3 Å². The van der Waals surface area contributed by atoms with Crippen molar-refractivity contribution in [1.29, 1.82) is 0 Å². The first kappa shape index (κ1) is 96.1. The molecule has 582 valence electrons. The Morgan fingerprint density at radius 3 is 0.724 bits per heavy atom. The van der Waals surface area contributed by atoms with E-state index < -0.39 is 97.5 Å². The minimum absolute atomic E-state index is 0.106. The number of carbonyl (C=O) groups is 4. The molecule has 0 rings (SSSR count). The molecule has 3 N–H and O–H groups in total. The van der Waals surface area contributed by atoms with Gasteiger partial charge >= 0.3 is 39.5 Å². The zero-order chi connectivity index (χ0) is 72.4. The van der Waals surface area contributed by atoms with E-state index >= 15 is 0 Å². The molecule has 0 aromatic heterocycles. The van der Waals surface area contributed by atoms with E-state index in [0.717, 1.165) is 114 Å². The topological polar surface area (TPSA) is 237 Å². The number of unbranched alkanes of at least 4 members (excludes halogenated alkanes) is 41. The maximum Gasteiger partial charge on any atom is 0.472 e. The number of aliphatic hydroxyl groups is 1. The van der Waals surface area contributed by atoms with E-state index in [4.69, 9.17) is 37.0 Å². The molecule has 0 aromatic rings. The number of phosphoric ester groups is 2. The van der Waals surface area contributed by atoms with Gasteiger partial charge in [-0.25, -0.2) is 9.13 Å². The molecule has 0 aliphatic heterocycles. The number of hydrogen-bond donors (Lipinski definition) is 3. The van der Waals surface area contributed by atoms with E-state index in [1.807, 2.05) is 0 Å². The zero-order valence-electron chi connectivity index (χ0n) is 64.4. The molecule has 0 spiro atoms. The summed E-state index contributed by atoms with van der Waals surface area (Å²) in [6.45, 7) is 14.2. The molecule has 0 saturated heterocycles. The molecule has 0 fully saturated rings. The predicted octanol–water partition coefficient (Wildman–Crippen LogP) is 23.2. The molecule has 0 bridgehead atoms. The van der Waals surface area contributed by atoms with Gasteiger partial charge in [0.1, 0.15) is 19.3 Å². The van der Waals surface area contributed by atoms with Crippen LogP contribution >= 0.6 is 15.6 Å². The van der Waals surface area contributed by atoms with Crippen molar-refractivity contribution >= 4 is 39.5 Å². The van der Waals surface area contributed by atoms with Gasteiger partial charge in [0.25, 0.3) is 0 Å². The Labute approximate surface area is 600 Å². The van der Waals surface area contributed by atoms with Gasteiger partial charge in [0.2, 0.25) is 0 Å². The molecular formula is C79H154O17P2. The molecule has 0 aliphatic rings. The Balaban J connectivity index is 5.16. The first-order valence-corrected chi connectivity index (χ1v) is 43.7. The number of hydrogen-bond acceptors (Lipinski definition) is 15. The lowest BCUT2D eigenvalue weighted by Gasteiger charge is -2.21. The number of rotatable bonds is 76. The second-order valence-electron chi connectivity index (χ2n) is 30.1. The maximum absolute atomic E-state index is 13.1. The van der Waals surface area contributed by atoms with Crippen molar-refractivity contribution < 1.29 is 80.2 Å². The first-order chi connectivity index (χ1) is 47.1. The Morgan fingerprint density at radius 2 is 0.490 bits per heavy atom. The smallest absolute Gasteiger partial charge is 0.462 e. The summed E-state index contributed by atoms with van der Waals surface area (Å²) < 4.78 is 68.6. The van der Waals surface area contributed by atoms with Crippen LogP contribution in [0.1, 0.15) is 402 Å². The highest BCUT2D eigenvalue weighted by molar-refractivity contribution is 7.47. The number of esters is 4. The minimum atomic E-state index is -4.96. The van der Waals surface area contributed by atoms with Crippen LogP contribution < -0.4 is 0 Å². The second-order valence-corrected chi connectivity index (χ2v) is 33.0. The van der Waals surface area contributed by atoms with Gasteiger partial charge in [0.15, 0.2) is 12.2 Å². The predicted molar refractivity (Wildman–Crippen MR) is 400 cm³/mol. The van der Waals surface area contributed by atoms with Gasteiger partial charge in [0, 0.05) is 25.7 Å². The van der Waals surface area contributed by atoms with Crippen LogP contribution in [0, 0.1) is 23.7 Å². The van der Waals surface area contributed by atoms with Gasteiger partial charge in [-0.1, -0.05) is 351 Å². The third-order valence-corrected chi connectivity index (χ3v) is 20.6. The number of carbonyl (C=O) groups excluding carboxylic acids is 4. The van der Waals surface area contributed by atoms with E-state index in [0.29, 0.717) is 31.6 Å². The fourth-order valence-corrected chi connectivity index (χ4v) is 13.6. The molecule has 3 unspecified atom stereocenters. The van der Waals surface area contributed by atoms with Crippen molar-refractivity contribution in [1.82, 2.24) is 0 Å². The molecule has 0 amide bonds. The largest absolute Gasteiger partial charge is 0.472 e. The molecule has 0 radical (unpaired) electrons. The molecule has 6 atom stereocenters. The van der Waals surface area contributed by atoms with Crippen molar-refractivity contribution in [2.24, 2.45) is 23.7 Å². The van der Waals surface area contributed by atoms with Crippen LogP contribution in [0.5, 0.6) is 0 Å². The highest BCUT2D eigenvalue weighted by Gasteiger charge is 2.30. The summed E-state index contributed by atoms with van der Waals surface area (Å²) in [5.41, 5.74) is 0. The fraction of sp³-hybridized carbons (Fsp3) is 0.949. The minimum Gasteiger partial charge on any atom is -0.462 e. The Hall–Kier alpha value is -1.94. The highest BCUT2D eigenvalue weighted by Crippen LogP contribution is 2.45. The van der Waals surface area contributed by atoms with Gasteiger partial charge in [0.05, 0.1) is 26.4 Å². The van der Waals surface area contributed by atoms with Crippen LogP contribution in [0.15, 0.2) is 0 Å². The Bertz CT molecular complexity index is 1920. The van der Waals surface area contributed by atoms with Crippen molar-refractivity contribution in [2.75, 3.05) is 39.6 Å². The Morgan fingerprint density at radius 1 is 0.286 bits per heavy atom. The molecule has 0 aromatic carbocycles. The standard InChI is InChI=1S/C79H154O17P2/c1-9-72(8)58-50-42-33-26-22-18-14-12-10-11-13-15-19-23-27-35-45-53-61-79(84)96-75(66-90-77(82)60-52-44-38-37-41-49-57-71(6)7)68-94-98(87,88)92-64-73(80)63-91-97(85,86)93-67-74(65-89-76(81)59-51-43-34-30-29-32-40-48-56-70(4)5)95-78(83)62-54-46-36-28-24-20-16-17-21-25-31-39-47-55-69(2)3/h69-75,80H,9-68H2,1-8H3,(H,85,86)(H,87,88)/t72?,73-,74-,75-/m1/s1. The lowest BCUT2D eigenvalue weighted by atomic mass is 9.99. The van der Waals surface area contributed by atoms with Gasteiger partial charge in [-0.15, -0.1) is 0 Å². The van der Waals surface area contributed by atoms with E-state index in [1.165, 1.54) is 199 Å². The van der Waals surface area contributed by atoms with Crippen LogP contribution in [0.25, 0.3) is 0 Å². The first-order valence-electron chi connectivity index (χ1n) is 40.7. The van der Waals surface area contributed by atoms with Crippen molar-refractivity contribution in [2.45, 2.75) is 420 Å². The monoisotopic (exact) mass is 1440 g/mol. The molecule has 0 aliphatic carbocycles. The molecular weight excluding hydrogens is 1280 g/mol. The summed E-state index contributed by atoms with van der Waals surface area (Å²) in [5, 5.41) is 10.6. The lowest BCUT2D eigenvalue weighted by Crippen LogP contribution is -2.30. The summed E-state index contributed by atoms with van der Waals surface area (Å²) in [4.78, 5) is 72.8. The van der Waals surface area contributed by atoms with E-state index in [1.54, 1.807) is 0 Å². The summed E-state index contributed by atoms with van der Waals surface area (Å²) >= 11 is 0.